The van der Waals surface area contributed by atoms with Gasteiger partial charge in [-0.15, -0.1) is 0 Å². The molecule has 0 amide bonds. The van der Waals surface area contributed by atoms with Crippen LogP contribution in [0.25, 0.3) is 0 Å². The number of benzene rings is 1. The Morgan fingerprint density at radius 1 is 0.536 bits per heavy atom. The summed E-state index contributed by atoms with van der Waals surface area (Å²) in [4.78, 5) is 0. The number of hydrogen-bond acceptors (Lipinski definition) is 0. The Morgan fingerprint density at radius 3 is 1.36 bits per heavy atom. The van der Waals surface area contributed by atoms with Gasteiger partial charge in [-0.25, -0.2) is 0 Å². The van der Waals surface area contributed by atoms with E-state index in [0.717, 1.165) is 12.8 Å². The smallest absolute Gasteiger partial charge is 0.0164 e. The zero-order chi connectivity index (χ0) is 19.1. The largest absolute Gasteiger partial charge is 0.0759 e. The van der Waals surface area contributed by atoms with Crippen molar-refractivity contribution in [3.8, 4) is 0 Å². The Kier molecular flexibility index (Phi) is 4.91. The summed E-state index contributed by atoms with van der Waals surface area (Å²) in [6.45, 7) is 4.44. The Labute approximate surface area is 171 Å². The van der Waals surface area contributed by atoms with Crippen molar-refractivity contribution in [2.24, 2.45) is 0 Å². The van der Waals surface area contributed by atoms with Gasteiger partial charge in [0.15, 0.2) is 0 Å². The van der Waals surface area contributed by atoms with Crippen LogP contribution in [0.15, 0.2) is 72.9 Å². The Bertz CT molecular complexity index is 753. The van der Waals surface area contributed by atoms with Crippen LogP contribution in [0.1, 0.15) is 25.0 Å². The van der Waals surface area contributed by atoms with Crippen LogP contribution in [0.4, 0.5) is 0 Å². The van der Waals surface area contributed by atoms with Crippen LogP contribution in [0.5, 0.6) is 0 Å². The zero-order valence-corrected chi connectivity index (χ0v) is 16.5. The van der Waals surface area contributed by atoms with Crippen molar-refractivity contribution in [3.63, 3.8) is 0 Å². The van der Waals surface area contributed by atoms with E-state index in [2.05, 4.69) is 99.6 Å². The summed E-state index contributed by atoms with van der Waals surface area (Å²) < 4.78 is 0. The summed E-state index contributed by atoms with van der Waals surface area (Å²) in [7, 11) is 0. The van der Waals surface area contributed by atoms with Gasteiger partial charge in [0.05, 0.1) is 0 Å². The summed E-state index contributed by atoms with van der Waals surface area (Å²) in [5, 5.41) is 0. The average molecular weight is 361 g/mol. The third-order valence-electron chi connectivity index (χ3n) is 6.06. The topological polar surface area (TPSA) is 0 Å². The first-order valence-corrected chi connectivity index (χ1v) is 10.1. The molecule has 4 aliphatic rings. The van der Waals surface area contributed by atoms with Crippen molar-refractivity contribution in [2.45, 2.75) is 26.7 Å². The maximum atomic E-state index is 2.36. The average Bonchev–Trinajstić information content (AvgIpc) is 3.21. The van der Waals surface area contributed by atoms with Crippen LogP contribution >= 0.6 is 0 Å². The molecule has 0 spiro atoms. The SMILES string of the molecule is C[C]1[CH][C](Cc2ccccc2C[C]2[CH][C](C)[C]3C=CC=C[C]23)[C]2C=CC=C[C]12. The fourth-order valence-corrected chi connectivity index (χ4v) is 4.65. The molecule has 0 unspecified atom stereocenters. The second-order valence-electron chi connectivity index (χ2n) is 7.92. The van der Waals surface area contributed by atoms with E-state index in [4.69, 9.17) is 0 Å². The second kappa shape index (κ2) is 7.54. The van der Waals surface area contributed by atoms with E-state index in [1.54, 1.807) is 0 Å². The molecule has 0 aliphatic heterocycles. The molecule has 0 N–H and O–H groups in total. The van der Waals surface area contributed by atoms with Crippen LogP contribution in [0.2, 0.25) is 0 Å². The maximum Gasteiger partial charge on any atom is 0.0164 e. The van der Waals surface area contributed by atoms with E-state index >= 15 is 0 Å². The quantitative estimate of drug-likeness (QED) is 0.609. The zero-order valence-electron chi connectivity index (χ0n) is 16.5. The van der Waals surface area contributed by atoms with Crippen molar-refractivity contribution < 1.29 is 0 Å². The molecule has 0 heteroatoms. The first-order chi connectivity index (χ1) is 13.7. The Morgan fingerprint density at radius 2 is 0.929 bits per heavy atom. The lowest BCUT2D eigenvalue weighted by Gasteiger charge is -2.24. The lowest BCUT2D eigenvalue weighted by atomic mass is 9.79. The molecule has 10 radical (unpaired) electrons. The van der Waals surface area contributed by atoms with E-state index in [1.807, 2.05) is 0 Å². The summed E-state index contributed by atoms with van der Waals surface area (Å²) in [6.07, 6.45) is 24.3. The lowest BCUT2D eigenvalue weighted by molar-refractivity contribution is 0.924. The normalized spacial score (nSPS) is 25.2. The van der Waals surface area contributed by atoms with Crippen molar-refractivity contribution in [1.29, 1.82) is 0 Å². The van der Waals surface area contributed by atoms with Gasteiger partial charge in [0.25, 0.3) is 0 Å². The molecule has 1 aromatic carbocycles. The summed E-state index contributed by atoms with van der Waals surface area (Å²) >= 11 is 0. The number of allylic oxidation sites excluding steroid dienone is 8. The molecular formula is C28H24. The van der Waals surface area contributed by atoms with E-state index in [9.17, 15) is 0 Å². The highest BCUT2D eigenvalue weighted by Gasteiger charge is 2.42. The Hall–Kier alpha value is -1.82. The third-order valence-corrected chi connectivity index (χ3v) is 6.06. The first kappa shape index (κ1) is 18.2. The van der Waals surface area contributed by atoms with E-state index < -0.39 is 0 Å². The predicted octanol–water partition coefficient (Wildman–Crippen LogP) is 6.10. The van der Waals surface area contributed by atoms with E-state index in [1.165, 1.54) is 58.5 Å². The van der Waals surface area contributed by atoms with Crippen LogP contribution in [-0.2, 0) is 12.8 Å². The van der Waals surface area contributed by atoms with Crippen molar-refractivity contribution in [3.05, 3.63) is 144 Å². The van der Waals surface area contributed by atoms with Gasteiger partial charge in [-0.05, 0) is 60.5 Å². The molecule has 5 rings (SSSR count). The predicted molar refractivity (Wildman–Crippen MR) is 116 cm³/mol. The minimum atomic E-state index is 0.988. The lowest BCUT2D eigenvalue weighted by Crippen LogP contribution is -2.14. The highest BCUT2D eigenvalue weighted by atomic mass is 14.4. The number of rotatable bonds is 4. The van der Waals surface area contributed by atoms with E-state index in [0.29, 0.717) is 0 Å². The maximum absolute atomic E-state index is 2.36. The van der Waals surface area contributed by atoms with E-state index in [-0.39, 0.29) is 0 Å². The molecule has 0 bridgehead atoms. The monoisotopic (exact) mass is 360 g/mol. The van der Waals surface area contributed by atoms with Crippen LogP contribution in [-0.4, -0.2) is 0 Å². The summed E-state index contributed by atoms with van der Waals surface area (Å²) in [5.74, 6) is 11.2. The second-order valence-corrected chi connectivity index (χ2v) is 7.92. The van der Waals surface area contributed by atoms with Crippen molar-refractivity contribution >= 4 is 0 Å². The highest BCUT2D eigenvalue weighted by Crippen LogP contribution is 2.52. The number of hydrogen-bond donors (Lipinski definition) is 0. The molecule has 1 aromatic rings. The summed E-state index contributed by atoms with van der Waals surface area (Å²) in [6, 6.07) is 8.94. The molecule has 2 fully saturated rings. The molecule has 0 nitrogen and oxygen atoms in total. The van der Waals surface area contributed by atoms with Crippen molar-refractivity contribution in [1.82, 2.24) is 0 Å². The molecular weight excluding hydrogens is 336 g/mol. The fourth-order valence-electron chi connectivity index (χ4n) is 4.65. The third kappa shape index (κ3) is 3.25. The van der Waals surface area contributed by atoms with Crippen LogP contribution in [0.3, 0.4) is 0 Å². The molecule has 0 atom stereocenters. The first-order valence-electron chi connectivity index (χ1n) is 10.1. The fraction of sp³-hybridized carbons (Fsp3) is 0.143. The van der Waals surface area contributed by atoms with Crippen molar-refractivity contribution in [2.75, 3.05) is 0 Å². The van der Waals surface area contributed by atoms with Gasteiger partial charge < -0.3 is 0 Å². The van der Waals surface area contributed by atoms with Gasteiger partial charge in [0, 0.05) is 23.7 Å². The van der Waals surface area contributed by atoms with Gasteiger partial charge in [0.2, 0.25) is 0 Å². The van der Waals surface area contributed by atoms with Gasteiger partial charge >= 0.3 is 0 Å². The molecule has 28 heavy (non-hydrogen) atoms. The van der Waals surface area contributed by atoms with Gasteiger partial charge in [0.1, 0.15) is 0 Å². The molecule has 0 aromatic heterocycles. The Balaban J connectivity index is 1.34. The van der Waals surface area contributed by atoms with Gasteiger partial charge in [-0.1, -0.05) is 86.7 Å². The van der Waals surface area contributed by atoms with Crippen LogP contribution in [0, 0.1) is 60.2 Å². The number of fused-ring (bicyclic) bond motifs is 2. The van der Waals surface area contributed by atoms with Gasteiger partial charge in [-0.2, -0.15) is 0 Å². The highest BCUT2D eigenvalue weighted by molar-refractivity contribution is 5.68. The minimum absolute atomic E-state index is 0.988. The molecule has 0 heterocycles. The standard InChI is InChI=1S/C28H24/c1-19-15-23(27-13-7-5-11-25(19)27)17-21-9-3-4-10-22(21)18-24-16-20(2)26-12-6-8-14-28(24)26/h3-16H,17-18H2,1-2H3. The molecule has 136 valence electrons. The molecule has 0 saturated heterocycles. The summed E-state index contributed by atoms with van der Waals surface area (Å²) in [5.41, 5.74) is 2.86. The van der Waals surface area contributed by atoms with Gasteiger partial charge in [-0.3, -0.25) is 0 Å². The van der Waals surface area contributed by atoms with Crippen LogP contribution < -0.4 is 0 Å². The minimum Gasteiger partial charge on any atom is -0.0759 e. The molecule has 2 saturated carbocycles. The molecule has 4 aliphatic carbocycles.